The molecule has 2 aliphatic heterocycles. The van der Waals surface area contributed by atoms with E-state index in [1.165, 1.54) is 0 Å². The van der Waals surface area contributed by atoms with Crippen LogP contribution in [-0.2, 0) is 14.8 Å². The van der Waals surface area contributed by atoms with Gasteiger partial charge in [0.2, 0.25) is 0 Å². The monoisotopic (exact) mass is 351 g/mol. The molecular formula is C17H25N3O3S. The fourth-order valence-electron chi connectivity index (χ4n) is 3.18. The number of nitrogens with zero attached hydrogens (tertiary/aromatic N) is 3. The molecule has 1 fully saturated rings. The summed E-state index contributed by atoms with van der Waals surface area (Å²) >= 11 is 0. The fraction of sp³-hybridized carbons (Fsp3) is 0.588. The Bertz CT molecular complexity index is 708. The van der Waals surface area contributed by atoms with Crippen molar-refractivity contribution in [1.29, 1.82) is 0 Å². The van der Waals surface area contributed by atoms with E-state index in [0.29, 0.717) is 10.7 Å². The molecule has 0 radical (unpaired) electrons. The maximum atomic E-state index is 12.2. The number of hydrogen-bond donors (Lipinski definition) is 0. The van der Waals surface area contributed by atoms with E-state index >= 15 is 0 Å². The van der Waals surface area contributed by atoms with Crippen molar-refractivity contribution in [3.05, 3.63) is 29.8 Å². The van der Waals surface area contributed by atoms with E-state index in [-0.39, 0.29) is 6.10 Å². The van der Waals surface area contributed by atoms with Crippen molar-refractivity contribution in [3.8, 4) is 0 Å². The molecule has 24 heavy (non-hydrogen) atoms. The number of amidine groups is 1. The molecule has 0 spiro atoms. The van der Waals surface area contributed by atoms with Crippen LogP contribution in [0, 0.1) is 0 Å². The molecule has 1 aromatic carbocycles. The predicted molar refractivity (Wildman–Crippen MR) is 93.9 cm³/mol. The first-order valence-electron chi connectivity index (χ1n) is 8.43. The number of rotatable bonds is 5. The molecule has 1 saturated heterocycles. The summed E-state index contributed by atoms with van der Waals surface area (Å²) in [5.41, 5.74) is 0.725. The van der Waals surface area contributed by atoms with Crippen LogP contribution >= 0.6 is 0 Å². The minimum absolute atomic E-state index is 0.261. The molecule has 0 bridgehead atoms. The van der Waals surface area contributed by atoms with Crippen LogP contribution in [-0.4, -0.2) is 70.5 Å². The van der Waals surface area contributed by atoms with Gasteiger partial charge in [-0.1, -0.05) is 12.1 Å². The molecule has 132 valence electrons. The van der Waals surface area contributed by atoms with E-state index in [4.69, 9.17) is 4.74 Å². The van der Waals surface area contributed by atoms with Crippen LogP contribution in [0.25, 0.3) is 0 Å². The minimum atomic E-state index is -3.53. The standard InChI is InChI=1S/C17H25N3O3S/c1-19(2)10-5-13-23-14-8-11-20(12-9-14)17-15-6-3-4-7-16(15)24(21,22)18-17/h3-4,6-7,14H,5,8-13H2,1-2H3. The molecule has 2 heterocycles. The molecule has 0 aromatic heterocycles. The van der Waals surface area contributed by atoms with Gasteiger partial charge in [-0.2, -0.15) is 8.42 Å². The van der Waals surface area contributed by atoms with Gasteiger partial charge in [0.25, 0.3) is 10.0 Å². The van der Waals surface area contributed by atoms with E-state index in [1.807, 2.05) is 12.1 Å². The van der Waals surface area contributed by atoms with Crippen LogP contribution in [0.2, 0.25) is 0 Å². The van der Waals surface area contributed by atoms with Gasteiger partial charge in [-0.05, 0) is 52.0 Å². The van der Waals surface area contributed by atoms with Gasteiger partial charge in [-0.3, -0.25) is 0 Å². The first-order chi connectivity index (χ1) is 11.5. The number of ether oxygens (including phenoxy) is 1. The summed E-state index contributed by atoms with van der Waals surface area (Å²) < 4.78 is 34.3. The van der Waals surface area contributed by atoms with Gasteiger partial charge < -0.3 is 14.5 Å². The third kappa shape index (κ3) is 3.79. The Balaban J connectivity index is 1.56. The molecule has 3 rings (SSSR count). The maximum Gasteiger partial charge on any atom is 0.285 e. The molecule has 7 heteroatoms. The quantitative estimate of drug-likeness (QED) is 0.754. The third-order valence-corrected chi connectivity index (χ3v) is 5.78. The zero-order chi connectivity index (χ0) is 17.2. The Morgan fingerprint density at radius 1 is 1.25 bits per heavy atom. The van der Waals surface area contributed by atoms with Crippen LogP contribution in [0.3, 0.4) is 0 Å². The molecule has 6 nitrogen and oxygen atoms in total. The Morgan fingerprint density at radius 3 is 2.67 bits per heavy atom. The van der Waals surface area contributed by atoms with Crippen LogP contribution in [0.1, 0.15) is 24.8 Å². The highest BCUT2D eigenvalue weighted by atomic mass is 32.2. The average molecular weight is 351 g/mol. The van der Waals surface area contributed by atoms with Crippen molar-refractivity contribution in [2.75, 3.05) is 40.3 Å². The highest BCUT2D eigenvalue weighted by Gasteiger charge is 2.33. The average Bonchev–Trinajstić information content (AvgIpc) is 2.84. The summed E-state index contributed by atoms with van der Waals surface area (Å²) in [7, 11) is 0.591. The SMILES string of the molecule is CN(C)CCCOC1CCN(C2=NS(=O)(=O)c3ccccc32)CC1. The third-order valence-electron chi connectivity index (χ3n) is 4.46. The van der Waals surface area contributed by atoms with Crippen molar-refractivity contribution in [2.45, 2.75) is 30.3 Å². The van der Waals surface area contributed by atoms with Crippen molar-refractivity contribution in [1.82, 2.24) is 9.80 Å². The molecule has 2 aliphatic rings. The molecule has 0 amide bonds. The Morgan fingerprint density at radius 2 is 1.96 bits per heavy atom. The Hall–Kier alpha value is -1.44. The number of fused-ring (bicyclic) bond motifs is 1. The lowest BCUT2D eigenvalue weighted by Gasteiger charge is -2.33. The molecule has 0 aliphatic carbocycles. The van der Waals surface area contributed by atoms with Crippen molar-refractivity contribution < 1.29 is 13.2 Å². The van der Waals surface area contributed by atoms with Crippen molar-refractivity contribution in [3.63, 3.8) is 0 Å². The summed E-state index contributed by atoms with van der Waals surface area (Å²) in [6.45, 7) is 3.37. The molecule has 0 atom stereocenters. The van der Waals surface area contributed by atoms with Crippen LogP contribution < -0.4 is 0 Å². The number of hydrogen-bond acceptors (Lipinski definition) is 5. The molecule has 0 unspecified atom stereocenters. The molecule has 1 aromatic rings. The van der Waals surface area contributed by atoms with Crippen molar-refractivity contribution in [2.24, 2.45) is 4.40 Å². The number of likely N-dealkylation sites (tertiary alicyclic amines) is 1. The van der Waals surface area contributed by atoms with Crippen LogP contribution in [0.15, 0.2) is 33.6 Å². The summed E-state index contributed by atoms with van der Waals surface area (Å²) in [5, 5.41) is 0. The summed E-state index contributed by atoms with van der Waals surface area (Å²) in [4.78, 5) is 4.55. The van der Waals surface area contributed by atoms with E-state index in [0.717, 1.165) is 51.1 Å². The molecule has 0 N–H and O–H groups in total. The van der Waals surface area contributed by atoms with Crippen molar-refractivity contribution >= 4 is 15.9 Å². The van der Waals surface area contributed by atoms with Gasteiger partial charge in [0.1, 0.15) is 4.90 Å². The smallest absolute Gasteiger partial charge is 0.285 e. The Labute approximate surface area is 144 Å². The highest BCUT2D eigenvalue weighted by Crippen LogP contribution is 2.29. The van der Waals surface area contributed by atoms with Gasteiger partial charge in [0, 0.05) is 25.3 Å². The van der Waals surface area contributed by atoms with Gasteiger partial charge >= 0.3 is 0 Å². The minimum Gasteiger partial charge on any atom is -0.378 e. The lowest BCUT2D eigenvalue weighted by atomic mass is 10.1. The first kappa shape index (κ1) is 17.4. The number of benzene rings is 1. The zero-order valence-electron chi connectivity index (χ0n) is 14.3. The second-order valence-corrected chi connectivity index (χ2v) is 8.17. The normalized spacial score (nSPS) is 20.3. The second kappa shape index (κ2) is 7.21. The fourth-order valence-corrected chi connectivity index (χ4v) is 4.41. The summed E-state index contributed by atoms with van der Waals surface area (Å²) in [5.74, 6) is 0.594. The Kier molecular flexibility index (Phi) is 5.22. The van der Waals surface area contributed by atoms with E-state index in [1.54, 1.807) is 12.1 Å². The maximum absolute atomic E-state index is 12.2. The lowest BCUT2D eigenvalue weighted by Crippen LogP contribution is -2.41. The van der Waals surface area contributed by atoms with Gasteiger partial charge in [0.15, 0.2) is 5.84 Å². The van der Waals surface area contributed by atoms with Gasteiger partial charge in [-0.15, -0.1) is 4.40 Å². The molecule has 0 saturated carbocycles. The topological polar surface area (TPSA) is 62.2 Å². The van der Waals surface area contributed by atoms with Gasteiger partial charge in [0.05, 0.1) is 6.10 Å². The first-order valence-corrected chi connectivity index (χ1v) is 9.87. The van der Waals surface area contributed by atoms with Crippen LogP contribution in [0.5, 0.6) is 0 Å². The van der Waals surface area contributed by atoms with E-state index in [9.17, 15) is 8.42 Å². The summed E-state index contributed by atoms with van der Waals surface area (Å²) in [6.07, 6.45) is 3.11. The molecular weight excluding hydrogens is 326 g/mol. The number of piperidine rings is 1. The van der Waals surface area contributed by atoms with Gasteiger partial charge in [-0.25, -0.2) is 0 Å². The predicted octanol–water partition coefficient (Wildman–Crippen LogP) is 1.57. The highest BCUT2D eigenvalue weighted by molar-refractivity contribution is 7.90. The largest absolute Gasteiger partial charge is 0.378 e. The van der Waals surface area contributed by atoms with E-state index in [2.05, 4.69) is 28.3 Å². The zero-order valence-corrected chi connectivity index (χ0v) is 15.1. The number of sulfonamides is 1. The second-order valence-electron chi connectivity index (χ2n) is 6.60. The van der Waals surface area contributed by atoms with E-state index < -0.39 is 10.0 Å². The summed E-state index contributed by atoms with van der Waals surface area (Å²) in [6, 6.07) is 7.06. The lowest BCUT2D eigenvalue weighted by molar-refractivity contribution is 0.0163. The van der Waals surface area contributed by atoms with Crippen LogP contribution in [0.4, 0.5) is 0 Å².